The van der Waals surface area contributed by atoms with Crippen molar-refractivity contribution in [2.24, 2.45) is 0 Å². The van der Waals surface area contributed by atoms with Crippen LogP contribution >= 0.6 is 8.58 Å². The first kappa shape index (κ1) is 15.5. The van der Waals surface area contributed by atoms with Gasteiger partial charge in [0.1, 0.15) is 11.5 Å². The number of ether oxygens (including phenoxy) is 2. The molecule has 0 bridgehead atoms. The molecular formula is C14H14NaO2P. The van der Waals surface area contributed by atoms with Gasteiger partial charge in [-0.2, -0.15) is 10.6 Å². The third kappa shape index (κ3) is 4.29. The van der Waals surface area contributed by atoms with Gasteiger partial charge in [-0.1, -0.05) is 24.3 Å². The molecular weight excluding hydrogens is 254 g/mol. The van der Waals surface area contributed by atoms with Crippen LogP contribution in [0.5, 0.6) is 11.5 Å². The van der Waals surface area contributed by atoms with E-state index in [1.54, 1.807) is 14.2 Å². The van der Waals surface area contributed by atoms with Gasteiger partial charge in [-0.25, -0.2) is 0 Å². The van der Waals surface area contributed by atoms with Crippen molar-refractivity contribution in [3.05, 3.63) is 48.5 Å². The number of rotatable bonds is 4. The Kier molecular flexibility index (Phi) is 6.73. The van der Waals surface area contributed by atoms with E-state index in [1.807, 2.05) is 24.3 Å². The molecule has 0 aliphatic heterocycles. The molecule has 88 valence electrons. The molecule has 18 heavy (non-hydrogen) atoms. The van der Waals surface area contributed by atoms with Crippen LogP contribution in [0.25, 0.3) is 0 Å². The third-order valence-electron chi connectivity index (χ3n) is 2.40. The van der Waals surface area contributed by atoms with Crippen LogP contribution in [0.2, 0.25) is 0 Å². The fourth-order valence-corrected chi connectivity index (χ4v) is 2.36. The zero-order chi connectivity index (χ0) is 12.1. The van der Waals surface area contributed by atoms with Gasteiger partial charge in [0.2, 0.25) is 0 Å². The van der Waals surface area contributed by atoms with E-state index < -0.39 is 0 Å². The number of hydrogen-bond donors (Lipinski definition) is 0. The normalized spacial score (nSPS) is 9.44. The van der Waals surface area contributed by atoms with Gasteiger partial charge in [-0.05, 0) is 24.3 Å². The molecule has 0 radical (unpaired) electrons. The van der Waals surface area contributed by atoms with Crippen LogP contribution in [0.15, 0.2) is 48.5 Å². The summed E-state index contributed by atoms with van der Waals surface area (Å²) >= 11 is 0. The standard InChI is InChI=1S/C14H14O2P.Na/c1-15-11-3-7-13(8-4-11)17-14-9-5-12(16-2)6-10-14;/h3-10H,1-2H3;/q-1;+1. The van der Waals surface area contributed by atoms with Crippen molar-refractivity contribution >= 4 is 19.2 Å². The Labute approximate surface area is 132 Å². The zero-order valence-electron chi connectivity index (χ0n) is 10.9. The number of methoxy groups -OCH3 is 2. The van der Waals surface area contributed by atoms with Crippen molar-refractivity contribution in [1.82, 2.24) is 0 Å². The Bertz CT molecular complexity index is 423. The van der Waals surface area contributed by atoms with Gasteiger partial charge in [0.15, 0.2) is 0 Å². The Morgan fingerprint density at radius 2 is 1.00 bits per heavy atom. The molecule has 2 rings (SSSR count). The summed E-state index contributed by atoms with van der Waals surface area (Å²) in [5.41, 5.74) is 0. The second-order valence-corrected chi connectivity index (χ2v) is 4.76. The van der Waals surface area contributed by atoms with E-state index >= 15 is 0 Å². The Balaban J connectivity index is 0.00000162. The average Bonchev–Trinajstić information content (AvgIpc) is 2.40. The molecule has 0 aliphatic rings. The van der Waals surface area contributed by atoms with E-state index in [0.29, 0.717) is 0 Å². The number of hydrogen-bond acceptors (Lipinski definition) is 2. The van der Waals surface area contributed by atoms with Gasteiger partial charge in [0, 0.05) is 0 Å². The fourth-order valence-electron chi connectivity index (χ4n) is 1.46. The molecule has 0 aromatic heterocycles. The summed E-state index contributed by atoms with van der Waals surface area (Å²) in [5, 5.41) is 2.49. The maximum absolute atomic E-state index is 5.13. The summed E-state index contributed by atoms with van der Waals surface area (Å²) in [4.78, 5) is 0. The van der Waals surface area contributed by atoms with Gasteiger partial charge in [0.25, 0.3) is 0 Å². The Morgan fingerprint density at radius 3 is 1.28 bits per heavy atom. The largest absolute Gasteiger partial charge is 1.00 e. The molecule has 0 atom stereocenters. The van der Waals surface area contributed by atoms with Crippen molar-refractivity contribution in [2.75, 3.05) is 14.2 Å². The Morgan fingerprint density at radius 1 is 0.667 bits per heavy atom. The van der Waals surface area contributed by atoms with Gasteiger partial charge in [-0.15, -0.1) is 0 Å². The van der Waals surface area contributed by atoms with E-state index in [4.69, 9.17) is 9.47 Å². The first-order valence-electron chi connectivity index (χ1n) is 5.31. The molecule has 0 N–H and O–H groups in total. The van der Waals surface area contributed by atoms with Crippen LogP contribution in [-0.4, -0.2) is 14.2 Å². The minimum Gasteiger partial charge on any atom is -0.497 e. The molecule has 0 aliphatic carbocycles. The maximum atomic E-state index is 5.13. The number of benzene rings is 2. The molecule has 0 heterocycles. The zero-order valence-corrected chi connectivity index (χ0v) is 13.8. The summed E-state index contributed by atoms with van der Waals surface area (Å²) in [7, 11) is 4.54. The van der Waals surface area contributed by atoms with Crippen LogP contribution in [-0.2, 0) is 0 Å². The van der Waals surface area contributed by atoms with E-state index in [-0.39, 0.29) is 29.6 Å². The first-order valence-corrected chi connectivity index (χ1v) is 6.21. The summed E-state index contributed by atoms with van der Waals surface area (Å²) in [6, 6.07) is 16.2. The van der Waals surface area contributed by atoms with Crippen molar-refractivity contribution in [3.63, 3.8) is 0 Å². The predicted molar refractivity (Wildman–Crippen MR) is 72.2 cm³/mol. The Hall–Kier alpha value is -0.530. The van der Waals surface area contributed by atoms with Crippen LogP contribution in [0.4, 0.5) is 0 Å². The monoisotopic (exact) mass is 268 g/mol. The summed E-state index contributed by atoms with van der Waals surface area (Å²) in [5.74, 6) is 1.78. The van der Waals surface area contributed by atoms with E-state index in [9.17, 15) is 0 Å². The van der Waals surface area contributed by atoms with Crippen LogP contribution < -0.4 is 49.6 Å². The van der Waals surface area contributed by atoms with Gasteiger partial charge in [-0.3, -0.25) is 0 Å². The average molecular weight is 268 g/mol. The van der Waals surface area contributed by atoms with Gasteiger partial charge in [0.05, 0.1) is 14.2 Å². The van der Waals surface area contributed by atoms with Crippen LogP contribution in [0.1, 0.15) is 0 Å². The fraction of sp³-hybridized carbons (Fsp3) is 0.143. The molecule has 2 aromatic rings. The van der Waals surface area contributed by atoms with E-state index in [0.717, 1.165) is 11.5 Å². The first-order chi connectivity index (χ1) is 8.31. The van der Waals surface area contributed by atoms with E-state index in [2.05, 4.69) is 24.3 Å². The van der Waals surface area contributed by atoms with Crippen molar-refractivity contribution in [2.45, 2.75) is 0 Å². The molecule has 0 saturated heterocycles. The summed E-state index contributed by atoms with van der Waals surface area (Å²) in [6.45, 7) is 0. The third-order valence-corrected chi connectivity index (χ3v) is 3.52. The molecule has 0 fully saturated rings. The molecule has 4 heteroatoms. The van der Waals surface area contributed by atoms with Gasteiger partial charge >= 0.3 is 29.6 Å². The molecule has 0 spiro atoms. The van der Waals surface area contributed by atoms with Crippen LogP contribution in [0, 0.1) is 0 Å². The quantitative estimate of drug-likeness (QED) is 0.555. The maximum Gasteiger partial charge on any atom is 1.00 e. The molecule has 2 aromatic carbocycles. The van der Waals surface area contributed by atoms with Crippen LogP contribution in [0.3, 0.4) is 0 Å². The summed E-state index contributed by atoms with van der Waals surface area (Å²) in [6.07, 6.45) is 0. The smallest absolute Gasteiger partial charge is 0.497 e. The summed E-state index contributed by atoms with van der Waals surface area (Å²) < 4.78 is 10.3. The molecule has 0 saturated carbocycles. The molecule has 0 amide bonds. The SMILES string of the molecule is COc1ccc([P-]c2ccc(OC)cc2)cc1.[Na+]. The van der Waals surface area contributed by atoms with E-state index in [1.165, 1.54) is 19.2 Å². The minimum absolute atomic E-state index is 0. The minimum atomic E-state index is 0. The van der Waals surface area contributed by atoms with Gasteiger partial charge < -0.3 is 18.1 Å². The van der Waals surface area contributed by atoms with Crippen molar-refractivity contribution in [1.29, 1.82) is 0 Å². The second kappa shape index (κ2) is 7.81. The van der Waals surface area contributed by atoms with Crippen molar-refractivity contribution in [3.8, 4) is 11.5 Å². The van der Waals surface area contributed by atoms with Crippen molar-refractivity contribution < 1.29 is 39.0 Å². The second-order valence-electron chi connectivity index (χ2n) is 3.51. The molecule has 2 nitrogen and oxygen atoms in total. The molecule has 0 unspecified atom stereocenters. The predicted octanol–water partition coefficient (Wildman–Crippen LogP) is -0.395. The topological polar surface area (TPSA) is 18.5 Å².